The van der Waals surface area contributed by atoms with Gasteiger partial charge in [0.1, 0.15) is 18.1 Å². The number of hydrogen-bond acceptors (Lipinski definition) is 3. The zero-order valence-electron chi connectivity index (χ0n) is 12.6. The second kappa shape index (κ2) is 7.71. The van der Waals surface area contributed by atoms with Gasteiger partial charge in [0.25, 0.3) is 5.91 Å². The average Bonchev–Trinajstić information content (AvgIpc) is 2.51. The van der Waals surface area contributed by atoms with Crippen LogP contribution in [-0.2, 0) is 0 Å². The summed E-state index contributed by atoms with van der Waals surface area (Å²) in [7, 11) is 1.53. The van der Waals surface area contributed by atoms with Gasteiger partial charge in [0.15, 0.2) is 0 Å². The number of amides is 1. The van der Waals surface area contributed by atoms with Gasteiger partial charge in [0, 0.05) is 5.56 Å². The molecular weight excluding hydrogens is 302 g/mol. The lowest BCUT2D eigenvalue weighted by Gasteiger charge is -2.09. The second-order valence-corrected chi connectivity index (χ2v) is 5.18. The molecule has 0 aliphatic heterocycles. The maximum atomic E-state index is 12.0. The van der Waals surface area contributed by atoms with Crippen LogP contribution in [0.3, 0.4) is 0 Å². The minimum Gasteiger partial charge on any atom is -0.495 e. The van der Waals surface area contributed by atoms with Crippen LogP contribution in [0, 0.1) is 6.92 Å². The van der Waals surface area contributed by atoms with Crippen molar-refractivity contribution in [2.24, 2.45) is 0 Å². The van der Waals surface area contributed by atoms with E-state index in [2.05, 4.69) is 5.32 Å². The fraction of sp³-hybridized carbons (Fsp3) is 0.235. The largest absolute Gasteiger partial charge is 0.495 e. The summed E-state index contributed by atoms with van der Waals surface area (Å²) in [5.74, 6) is 1.14. The lowest BCUT2D eigenvalue weighted by molar-refractivity contribution is 0.0947. The van der Waals surface area contributed by atoms with E-state index >= 15 is 0 Å². The van der Waals surface area contributed by atoms with Crippen molar-refractivity contribution < 1.29 is 14.3 Å². The summed E-state index contributed by atoms with van der Waals surface area (Å²) >= 11 is 6.00. The van der Waals surface area contributed by atoms with Crippen molar-refractivity contribution in [1.82, 2.24) is 5.32 Å². The van der Waals surface area contributed by atoms with Crippen LogP contribution in [0.4, 0.5) is 0 Å². The Labute approximate surface area is 135 Å². The Morgan fingerprint density at radius 2 is 2.05 bits per heavy atom. The topological polar surface area (TPSA) is 47.6 Å². The molecule has 0 radical (unpaired) electrons. The van der Waals surface area contributed by atoms with Crippen LogP contribution in [0.15, 0.2) is 42.5 Å². The van der Waals surface area contributed by atoms with Crippen LogP contribution in [-0.4, -0.2) is 26.2 Å². The van der Waals surface area contributed by atoms with E-state index in [0.717, 1.165) is 11.3 Å². The van der Waals surface area contributed by atoms with Gasteiger partial charge >= 0.3 is 0 Å². The Morgan fingerprint density at radius 1 is 1.23 bits per heavy atom. The van der Waals surface area contributed by atoms with Gasteiger partial charge in [-0.2, -0.15) is 0 Å². The van der Waals surface area contributed by atoms with Crippen molar-refractivity contribution in [3.05, 3.63) is 58.6 Å². The maximum Gasteiger partial charge on any atom is 0.251 e. The number of ether oxygens (including phenoxy) is 2. The molecule has 0 aromatic heterocycles. The maximum absolute atomic E-state index is 12.0. The number of methoxy groups -OCH3 is 1. The van der Waals surface area contributed by atoms with Gasteiger partial charge in [0.2, 0.25) is 0 Å². The van der Waals surface area contributed by atoms with Gasteiger partial charge < -0.3 is 14.8 Å². The number of carbonyl (C=O) groups is 1. The first-order chi connectivity index (χ1) is 10.6. The number of rotatable bonds is 6. The fourth-order valence-corrected chi connectivity index (χ4v) is 2.21. The number of hydrogen-bond donors (Lipinski definition) is 1. The average molecular weight is 320 g/mol. The minimum absolute atomic E-state index is 0.197. The van der Waals surface area contributed by atoms with Gasteiger partial charge in [-0.1, -0.05) is 23.7 Å². The number of nitrogens with one attached hydrogen (secondary N) is 1. The van der Waals surface area contributed by atoms with E-state index < -0.39 is 0 Å². The first-order valence-corrected chi connectivity index (χ1v) is 7.29. The summed E-state index contributed by atoms with van der Waals surface area (Å²) in [4.78, 5) is 12.0. The molecule has 0 aliphatic carbocycles. The molecule has 1 amide bonds. The molecule has 0 aliphatic rings. The van der Waals surface area contributed by atoms with E-state index in [4.69, 9.17) is 21.1 Å². The molecule has 4 nitrogen and oxygen atoms in total. The van der Waals surface area contributed by atoms with Crippen LogP contribution in [0.2, 0.25) is 5.02 Å². The van der Waals surface area contributed by atoms with Crippen molar-refractivity contribution >= 4 is 17.5 Å². The molecule has 0 bridgehead atoms. The molecule has 0 fully saturated rings. The number of benzene rings is 2. The van der Waals surface area contributed by atoms with Gasteiger partial charge in [-0.15, -0.1) is 0 Å². The molecule has 0 unspecified atom stereocenters. The lowest BCUT2D eigenvalue weighted by Crippen LogP contribution is -2.28. The van der Waals surface area contributed by atoms with E-state index in [0.29, 0.717) is 29.5 Å². The van der Waals surface area contributed by atoms with Crippen molar-refractivity contribution in [3.8, 4) is 11.5 Å². The van der Waals surface area contributed by atoms with Crippen LogP contribution in [0.5, 0.6) is 11.5 Å². The molecule has 2 rings (SSSR count). The number of carbonyl (C=O) groups excluding carboxylic acids is 1. The highest BCUT2D eigenvalue weighted by Gasteiger charge is 2.08. The zero-order valence-corrected chi connectivity index (χ0v) is 13.3. The van der Waals surface area contributed by atoms with Crippen molar-refractivity contribution in [3.63, 3.8) is 0 Å². The van der Waals surface area contributed by atoms with Gasteiger partial charge in [-0.05, 0) is 42.8 Å². The quantitative estimate of drug-likeness (QED) is 0.829. The summed E-state index contributed by atoms with van der Waals surface area (Å²) in [5, 5.41) is 3.19. The molecule has 0 saturated heterocycles. The Morgan fingerprint density at radius 3 is 2.73 bits per heavy atom. The summed E-state index contributed by atoms with van der Waals surface area (Å²) in [5.41, 5.74) is 1.62. The monoisotopic (exact) mass is 319 g/mol. The number of aryl methyl sites for hydroxylation is 1. The summed E-state index contributed by atoms with van der Waals surface area (Å²) in [6.07, 6.45) is 0. The standard InChI is InChI=1S/C17H18ClNO3/c1-12-4-3-5-14(10-12)22-9-8-19-17(20)13-6-7-16(21-2)15(18)11-13/h3-7,10-11H,8-9H2,1-2H3,(H,19,20). The van der Waals surface area contributed by atoms with Crippen LogP contribution in [0.1, 0.15) is 15.9 Å². The third-order valence-electron chi connectivity index (χ3n) is 3.06. The minimum atomic E-state index is -0.197. The molecule has 116 valence electrons. The first-order valence-electron chi connectivity index (χ1n) is 6.91. The Hall–Kier alpha value is -2.20. The molecule has 2 aromatic carbocycles. The van der Waals surface area contributed by atoms with E-state index in [-0.39, 0.29) is 5.91 Å². The third kappa shape index (κ3) is 4.40. The summed E-state index contributed by atoms with van der Waals surface area (Å²) in [6, 6.07) is 12.7. The summed E-state index contributed by atoms with van der Waals surface area (Å²) < 4.78 is 10.6. The Balaban J connectivity index is 1.81. The Bertz CT molecular complexity index is 658. The Kier molecular flexibility index (Phi) is 5.67. The molecule has 5 heteroatoms. The van der Waals surface area contributed by atoms with E-state index in [9.17, 15) is 4.79 Å². The molecule has 0 heterocycles. The molecular formula is C17H18ClNO3. The van der Waals surface area contributed by atoms with Gasteiger partial charge in [-0.3, -0.25) is 4.79 Å². The van der Waals surface area contributed by atoms with Crippen LogP contribution >= 0.6 is 11.6 Å². The zero-order chi connectivity index (χ0) is 15.9. The third-order valence-corrected chi connectivity index (χ3v) is 3.36. The predicted molar refractivity (Wildman–Crippen MR) is 87.0 cm³/mol. The molecule has 0 saturated carbocycles. The first kappa shape index (κ1) is 16.2. The van der Waals surface area contributed by atoms with Crippen molar-refractivity contribution in [2.75, 3.05) is 20.3 Å². The highest BCUT2D eigenvalue weighted by Crippen LogP contribution is 2.24. The number of halogens is 1. The van der Waals surface area contributed by atoms with Crippen LogP contribution in [0.25, 0.3) is 0 Å². The molecule has 1 N–H and O–H groups in total. The van der Waals surface area contributed by atoms with E-state index in [1.807, 2.05) is 31.2 Å². The summed E-state index contributed by atoms with van der Waals surface area (Å²) in [6.45, 7) is 2.82. The van der Waals surface area contributed by atoms with Crippen LogP contribution < -0.4 is 14.8 Å². The second-order valence-electron chi connectivity index (χ2n) is 4.77. The molecule has 2 aromatic rings. The molecule has 22 heavy (non-hydrogen) atoms. The highest BCUT2D eigenvalue weighted by atomic mass is 35.5. The lowest BCUT2D eigenvalue weighted by atomic mass is 10.2. The predicted octanol–water partition coefficient (Wildman–Crippen LogP) is 3.47. The van der Waals surface area contributed by atoms with E-state index in [1.165, 1.54) is 7.11 Å². The smallest absolute Gasteiger partial charge is 0.251 e. The SMILES string of the molecule is COc1ccc(C(=O)NCCOc2cccc(C)c2)cc1Cl. The van der Waals surface area contributed by atoms with E-state index in [1.54, 1.807) is 18.2 Å². The normalized spacial score (nSPS) is 10.1. The molecule has 0 atom stereocenters. The van der Waals surface area contributed by atoms with Gasteiger partial charge in [0.05, 0.1) is 18.7 Å². The van der Waals surface area contributed by atoms with Gasteiger partial charge in [-0.25, -0.2) is 0 Å². The van der Waals surface area contributed by atoms with Crippen molar-refractivity contribution in [1.29, 1.82) is 0 Å². The highest BCUT2D eigenvalue weighted by molar-refractivity contribution is 6.32. The van der Waals surface area contributed by atoms with Crippen molar-refractivity contribution in [2.45, 2.75) is 6.92 Å². The molecule has 0 spiro atoms. The fourth-order valence-electron chi connectivity index (χ4n) is 1.95.